The molecule has 2 aromatic carbocycles. The molecule has 13 heteroatoms. The SMILES string of the molecule is CC(=O)N[C@@H](Cc1ccccc1)C(=O)N[C@@H](C)C(=O)N[C@@H](CC(C)C)C(=O)N[C@@H](CCCC[N+](C)(C)C)C(=O)Nc1nc2ccccc2[nH]1. The van der Waals surface area contributed by atoms with Crippen molar-refractivity contribution in [3.8, 4) is 0 Å². The molecule has 0 aliphatic rings. The lowest BCUT2D eigenvalue weighted by Crippen LogP contribution is -2.57. The van der Waals surface area contributed by atoms with E-state index in [9.17, 15) is 24.0 Å². The second-order valence-electron chi connectivity index (χ2n) is 14.0. The van der Waals surface area contributed by atoms with Gasteiger partial charge in [0.15, 0.2) is 0 Å². The zero-order chi connectivity index (χ0) is 36.1. The Balaban J connectivity index is 1.70. The van der Waals surface area contributed by atoms with Crippen LogP contribution < -0.4 is 26.6 Å². The van der Waals surface area contributed by atoms with E-state index in [1.54, 1.807) is 0 Å². The second-order valence-corrected chi connectivity index (χ2v) is 14.0. The van der Waals surface area contributed by atoms with Crippen molar-refractivity contribution in [1.82, 2.24) is 31.2 Å². The number of carbonyl (C=O) groups excluding carboxylic acids is 5. The van der Waals surface area contributed by atoms with E-state index in [-0.39, 0.29) is 24.2 Å². The molecule has 0 fully saturated rings. The van der Waals surface area contributed by atoms with Crippen molar-refractivity contribution in [2.75, 3.05) is 33.0 Å². The Bertz CT molecular complexity index is 1530. The predicted octanol–water partition coefficient (Wildman–Crippen LogP) is 2.65. The summed E-state index contributed by atoms with van der Waals surface area (Å²) >= 11 is 0. The number of para-hydroxylation sites is 2. The van der Waals surface area contributed by atoms with E-state index in [1.807, 2.05) is 68.4 Å². The van der Waals surface area contributed by atoms with E-state index in [0.717, 1.165) is 28.5 Å². The number of fused-ring (bicyclic) bond motifs is 1. The van der Waals surface area contributed by atoms with Crippen molar-refractivity contribution in [1.29, 1.82) is 0 Å². The van der Waals surface area contributed by atoms with Gasteiger partial charge in [0.2, 0.25) is 35.5 Å². The number of amides is 5. The monoisotopic (exact) mass is 677 g/mol. The van der Waals surface area contributed by atoms with Gasteiger partial charge in [-0.25, -0.2) is 4.98 Å². The number of hydrogen-bond donors (Lipinski definition) is 6. The first-order valence-electron chi connectivity index (χ1n) is 16.9. The van der Waals surface area contributed by atoms with Crippen LogP contribution in [0.2, 0.25) is 0 Å². The van der Waals surface area contributed by atoms with Crippen LogP contribution in [0.25, 0.3) is 11.0 Å². The van der Waals surface area contributed by atoms with Gasteiger partial charge in [0, 0.05) is 13.3 Å². The van der Waals surface area contributed by atoms with Gasteiger partial charge in [0.1, 0.15) is 24.2 Å². The standard InChI is InChI=1S/C36H52N8O5/c1-23(2)21-30(40-32(46)24(3)37-34(48)31(38-25(4)45)22-26-15-9-8-10-16-26)35(49)39-29(19-13-14-20-44(5,6)7)33(47)43-36-41-27-17-11-12-18-28(27)42-36/h8-12,15-18,23-24,29-31H,13-14,19-22H2,1-7H3,(H5-,37,38,39,40,41,42,43,45,46,47,48,49)/p+1/t24-,29-,30-,31-/m0/s1. The molecule has 6 N–H and O–H groups in total. The number of hydrogen-bond acceptors (Lipinski definition) is 6. The van der Waals surface area contributed by atoms with Gasteiger partial charge >= 0.3 is 0 Å². The number of unbranched alkanes of at least 4 members (excludes halogenated alkanes) is 1. The molecular weight excluding hydrogens is 624 g/mol. The zero-order valence-corrected chi connectivity index (χ0v) is 29.8. The number of quaternary nitrogens is 1. The molecule has 1 heterocycles. The highest BCUT2D eigenvalue weighted by molar-refractivity contribution is 5.99. The molecule has 4 atom stereocenters. The largest absolute Gasteiger partial charge is 0.344 e. The van der Waals surface area contributed by atoms with Gasteiger partial charge in [-0.15, -0.1) is 0 Å². The molecule has 3 rings (SSSR count). The van der Waals surface area contributed by atoms with Crippen molar-refractivity contribution in [2.24, 2.45) is 5.92 Å². The molecule has 0 bridgehead atoms. The van der Waals surface area contributed by atoms with Crippen molar-refractivity contribution in [3.63, 3.8) is 0 Å². The van der Waals surface area contributed by atoms with Crippen LogP contribution >= 0.6 is 0 Å². The van der Waals surface area contributed by atoms with Crippen LogP contribution in [-0.4, -0.2) is 95.8 Å². The molecule has 13 nitrogen and oxygen atoms in total. The van der Waals surface area contributed by atoms with Crippen LogP contribution in [0.1, 0.15) is 58.9 Å². The number of rotatable bonds is 18. The van der Waals surface area contributed by atoms with Crippen LogP contribution in [0.4, 0.5) is 5.95 Å². The van der Waals surface area contributed by atoms with E-state index in [4.69, 9.17) is 0 Å². The first kappa shape index (κ1) is 38.7. The highest BCUT2D eigenvalue weighted by Gasteiger charge is 2.30. The van der Waals surface area contributed by atoms with E-state index >= 15 is 0 Å². The average Bonchev–Trinajstić information content (AvgIpc) is 3.43. The fourth-order valence-corrected chi connectivity index (χ4v) is 5.38. The maximum atomic E-state index is 13.7. The normalized spacial score (nSPS) is 14.0. The molecule has 0 saturated carbocycles. The topological polar surface area (TPSA) is 174 Å². The summed E-state index contributed by atoms with van der Waals surface area (Å²) in [7, 11) is 6.29. The minimum Gasteiger partial charge on any atom is -0.344 e. The Morgan fingerprint density at radius 2 is 1.37 bits per heavy atom. The summed E-state index contributed by atoms with van der Waals surface area (Å²) in [6.45, 7) is 7.59. The Morgan fingerprint density at radius 1 is 0.735 bits per heavy atom. The van der Waals surface area contributed by atoms with Crippen LogP contribution in [0.3, 0.4) is 0 Å². The Labute approximate surface area is 289 Å². The number of carbonyl (C=O) groups is 5. The summed E-state index contributed by atoms with van der Waals surface area (Å²) in [6, 6.07) is 12.9. The highest BCUT2D eigenvalue weighted by atomic mass is 16.2. The molecule has 49 heavy (non-hydrogen) atoms. The minimum atomic E-state index is -1.01. The number of imidazole rings is 1. The van der Waals surface area contributed by atoms with Gasteiger partial charge in [-0.3, -0.25) is 29.3 Å². The first-order chi connectivity index (χ1) is 23.1. The highest BCUT2D eigenvalue weighted by Crippen LogP contribution is 2.15. The third-order valence-corrected chi connectivity index (χ3v) is 7.90. The van der Waals surface area contributed by atoms with Gasteiger partial charge in [-0.05, 0) is 56.2 Å². The van der Waals surface area contributed by atoms with Gasteiger partial charge in [-0.2, -0.15) is 0 Å². The van der Waals surface area contributed by atoms with Crippen molar-refractivity contribution in [2.45, 2.75) is 84.0 Å². The molecule has 0 radical (unpaired) electrons. The Morgan fingerprint density at radius 3 is 2.00 bits per heavy atom. The quantitative estimate of drug-likeness (QED) is 0.0892. The molecule has 0 spiro atoms. The van der Waals surface area contributed by atoms with E-state index in [0.29, 0.717) is 24.8 Å². The molecule has 0 aliphatic carbocycles. The number of benzene rings is 2. The lowest BCUT2D eigenvalue weighted by molar-refractivity contribution is -0.870. The lowest BCUT2D eigenvalue weighted by Gasteiger charge is -2.26. The van der Waals surface area contributed by atoms with E-state index < -0.39 is 47.8 Å². The van der Waals surface area contributed by atoms with Crippen LogP contribution in [-0.2, 0) is 30.4 Å². The molecule has 5 amide bonds. The number of aromatic nitrogens is 2. The zero-order valence-electron chi connectivity index (χ0n) is 29.8. The number of H-pyrrole nitrogens is 1. The third-order valence-electron chi connectivity index (χ3n) is 7.90. The lowest BCUT2D eigenvalue weighted by atomic mass is 10.0. The summed E-state index contributed by atoms with van der Waals surface area (Å²) in [5.41, 5.74) is 2.31. The molecule has 0 saturated heterocycles. The smallest absolute Gasteiger partial charge is 0.249 e. The van der Waals surface area contributed by atoms with Crippen molar-refractivity contribution in [3.05, 3.63) is 60.2 Å². The number of nitrogens with zero attached hydrogens (tertiary/aromatic N) is 2. The fraction of sp³-hybridized carbons (Fsp3) is 0.500. The van der Waals surface area contributed by atoms with Crippen LogP contribution in [0, 0.1) is 5.92 Å². The average molecular weight is 678 g/mol. The molecule has 1 aromatic heterocycles. The van der Waals surface area contributed by atoms with Crippen molar-refractivity contribution < 1.29 is 28.5 Å². The third kappa shape index (κ3) is 13.3. The van der Waals surface area contributed by atoms with Crippen molar-refractivity contribution >= 4 is 46.5 Å². The summed E-state index contributed by atoms with van der Waals surface area (Å²) < 4.78 is 0.775. The summed E-state index contributed by atoms with van der Waals surface area (Å²) in [5.74, 6) is -2.09. The predicted molar refractivity (Wildman–Crippen MR) is 190 cm³/mol. The number of anilines is 1. The minimum absolute atomic E-state index is 0.0309. The Hall–Kier alpha value is -4.78. The summed E-state index contributed by atoms with van der Waals surface area (Å²) in [4.78, 5) is 73.1. The van der Waals surface area contributed by atoms with Crippen LogP contribution in [0.15, 0.2) is 54.6 Å². The first-order valence-corrected chi connectivity index (χ1v) is 16.9. The molecule has 0 unspecified atom stereocenters. The maximum absolute atomic E-state index is 13.7. The maximum Gasteiger partial charge on any atom is 0.249 e. The summed E-state index contributed by atoms with van der Waals surface area (Å²) in [5, 5.41) is 13.8. The molecular formula is C36H53N8O5+. The summed E-state index contributed by atoms with van der Waals surface area (Å²) in [6.07, 6.45) is 2.47. The number of nitrogens with one attached hydrogen (secondary N) is 6. The Kier molecular flexibility index (Phi) is 14.3. The van der Waals surface area contributed by atoms with E-state index in [2.05, 4.69) is 57.7 Å². The molecule has 266 valence electrons. The molecule has 3 aromatic rings. The second kappa shape index (κ2) is 18.1. The van der Waals surface area contributed by atoms with E-state index in [1.165, 1.54) is 13.8 Å². The number of aromatic amines is 1. The van der Waals surface area contributed by atoms with Gasteiger partial charge in [-0.1, -0.05) is 56.3 Å². The molecule has 0 aliphatic heterocycles. The van der Waals surface area contributed by atoms with Gasteiger partial charge < -0.3 is 30.7 Å². The van der Waals surface area contributed by atoms with Gasteiger partial charge in [0.05, 0.1) is 38.7 Å². The fourth-order valence-electron chi connectivity index (χ4n) is 5.38. The van der Waals surface area contributed by atoms with Crippen LogP contribution in [0.5, 0.6) is 0 Å². The van der Waals surface area contributed by atoms with Gasteiger partial charge in [0.25, 0.3) is 0 Å².